The summed E-state index contributed by atoms with van der Waals surface area (Å²) in [5.41, 5.74) is 0.575. The molecule has 0 saturated carbocycles. The van der Waals surface area contributed by atoms with Crippen LogP contribution < -0.4 is 10.5 Å². The highest BCUT2D eigenvalue weighted by molar-refractivity contribution is 5.81. The Balaban J connectivity index is 3.07. The van der Waals surface area contributed by atoms with Gasteiger partial charge in [0.15, 0.2) is 5.78 Å². The van der Waals surface area contributed by atoms with Crippen LogP contribution in [0.3, 0.4) is 0 Å². The van der Waals surface area contributed by atoms with Gasteiger partial charge in [-0.3, -0.25) is 9.59 Å². The molecule has 0 saturated heterocycles. The first-order valence-electron chi connectivity index (χ1n) is 6.41. The molecule has 1 aromatic rings. The first-order valence-corrected chi connectivity index (χ1v) is 6.41. The number of rotatable bonds is 6. The summed E-state index contributed by atoms with van der Waals surface area (Å²) in [6.45, 7) is 9.19. The Morgan fingerprint density at radius 2 is 2.00 bits per heavy atom. The van der Waals surface area contributed by atoms with Gasteiger partial charge in [0, 0.05) is 25.6 Å². The molecule has 0 amide bonds. The molecule has 0 bridgehead atoms. The average Bonchev–Trinajstić information content (AvgIpc) is 2.38. The van der Waals surface area contributed by atoms with Gasteiger partial charge in [0.2, 0.25) is 0 Å². The quantitative estimate of drug-likeness (QED) is 0.771. The van der Waals surface area contributed by atoms with Crippen molar-refractivity contribution in [1.29, 1.82) is 0 Å². The lowest BCUT2D eigenvalue weighted by molar-refractivity contribution is -0.121. The van der Waals surface area contributed by atoms with Gasteiger partial charge in [-0.1, -0.05) is 6.92 Å². The maximum absolute atomic E-state index is 12.0. The summed E-state index contributed by atoms with van der Waals surface area (Å²) in [6, 6.07) is 1.05. The Labute approximate surface area is 107 Å². The summed E-state index contributed by atoms with van der Waals surface area (Å²) in [5.74, 6) is 0.0141. The number of carbonyl (C=O) groups excluding carboxylic acids is 1. The van der Waals surface area contributed by atoms with Crippen LogP contribution in [-0.2, 0) is 4.79 Å². The number of aromatic nitrogens is 2. The molecule has 5 nitrogen and oxygen atoms in total. The van der Waals surface area contributed by atoms with Crippen molar-refractivity contribution in [1.82, 2.24) is 9.78 Å². The number of anilines is 1. The van der Waals surface area contributed by atoms with Gasteiger partial charge in [-0.25, -0.2) is 4.68 Å². The molecule has 0 radical (unpaired) electrons. The van der Waals surface area contributed by atoms with E-state index in [2.05, 4.69) is 5.10 Å². The largest absolute Gasteiger partial charge is 0.371 e. The van der Waals surface area contributed by atoms with Crippen LogP contribution in [0.1, 0.15) is 40.2 Å². The number of Topliss-reactive ketones (excluding diaryl/α,β-unsaturated/α-hetero) is 1. The second kappa shape index (κ2) is 6.33. The molecule has 1 unspecified atom stereocenters. The lowest BCUT2D eigenvalue weighted by Gasteiger charge is -2.21. The third-order valence-electron chi connectivity index (χ3n) is 3.12. The number of hydrogen-bond acceptors (Lipinski definition) is 4. The minimum absolute atomic E-state index is 0.0141. The zero-order chi connectivity index (χ0) is 13.7. The predicted octanol–water partition coefficient (Wildman–Crippen LogP) is 1.63. The molecule has 1 heterocycles. The van der Waals surface area contributed by atoms with Gasteiger partial charge in [-0.15, -0.1) is 0 Å². The second-order valence-corrected chi connectivity index (χ2v) is 4.16. The first-order chi connectivity index (χ1) is 8.54. The fourth-order valence-electron chi connectivity index (χ4n) is 1.89. The molecule has 0 fully saturated rings. The third kappa shape index (κ3) is 2.97. The van der Waals surface area contributed by atoms with Crippen molar-refractivity contribution in [2.45, 2.75) is 40.2 Å². The molecule has 1 aromatic heterocycles. The standard InChI is InChI=1S/C13H21N3O2/c1-5-12(17)10(4)16-13(18)8-11(9-14-16)15(6-2)7-3/h8-10H,5-7H2,1-4H3. The maximum atomic E-state index is 12.0. The van der Waals surface area contributed by atoms with E-state index in [4.69, 9.17) is 0 Å². The fourth-order valence-corrected chi connectivity index (χ4v) is 1.89. The van der Waals surface area contributed by atoms with Gasteiger partial charge < -0.3 is 4.90 Å². The highest BCUT2D eigenvalue weighted by atomic mass is 16.1. The van der Waals surface area contributed by atoms with Crippen molar-refractivity contribution in [3.63, 3.8) is 0 Å². The summed E-state index contributed by atoms with van der Waals surface area (Å²) in [5, 5.41) is 4.11. The van der Waals surface area contributed by atoms with Crippen molar-refractivity contribution in [2.75, 3.05) is 18.0 Å². The van der Waals surface area contributed by atoms with Crippen LogP contribution in [-0.4, -0.2) is 28.7 Å². The van der Waals surface area contributed by atoms with Crippen LogP contribution in [0.15, 0.2) is 17.1 Å². The molecule has 1 atom stereocenters. The smallest absolute Gasteiger partial charge is 0.269 e. The molecule has 18 heavy (non-hydrogen) atoms. The van der Waals surface area contributed by atoms with E-state index in [-0.39, 0.29) is 11.3 Å². The summed E-state index contributed by atoms with van der Waals surface area (Å²) in [7, 11) is 0. The molecule has 0 aromatic carbocycles. The van der Waals surface area contributed by atoms with E-state index >= 15 is 0 Å². The number of carbonyl (C=O) groups is 1. The average molecular weight is 251 g/mol. The summed E-state index contributed by atoms with van der Waals surface area (Å²) in [4.78, 5) is 25.6. The van der Waals surface area contributed by atoms with E-state index in [9.17, 15) is 9.59 Å². The minimum atomic E-state index is -0.492. The van der Waals surface area contributed by atoms with E-state index in [1.54, 1.807) is 26.1 Å². The van der Waals surface area contributed by atoms with Crippen molar-refractivity contribution in [3.05, 3.63) is 22.6 Å². The molecular weight excluding hydrogens is 230 g/mol. The van der Waals surface area contributed by atoms with E-state index in [0.29, 0.717) is 6.42 Å². The topological polar surface area (TPSA) is 55.2 Å². The van der Waals surface area contributed by atoms with Gasteiger partial charge in [0.1, 0.15) is 6.04 Å². The summed E-state index contributed by atoms with van der Waals surface area (Å²) in [6.07, 6.45) is 2.06. The monoisotopic (exact) mass is 251 g/mol. The SMILES string of the molecule is CCC(=O)C(C)n1ncc(N(CC)CC)cc1=O. The Hall–Kier alpha value is -1.65. The van der Waals surface area contributed by atoms with Crippen LogP contribution in [0.4, 0.5) is 5.69 Å². The van der Waals surface area contributed by atoms with Crippen molar-refractivity contribution in [3.8, 4) is 0 Å². The van der Waals surface area contributed by atoms with Gasteiger partial charge in [0.25, 0.3) is 5.56 Å². The highest BCUT2D eigenvalue weighted by Gasteiger charge is 2.16. The number of ketones is 1. The van der Waals surface area contributed by atoms with Gasteiger partial charge in [-0.2, -0.15) is 5.10 Å². The lowest BCUT2D eigenvalue weighted by Crippen LogP contribution is -2.31. The molecule has 100 valence electrons. The van der Waals surface area contributed by atoms with Gasteiger partial charge >= 0.3 is 0 Å². The van der Waals surface area contributed by atoms with Crippen LogP contribution >= 0.6 is 0 Å². The molecule has 0 aliphatic carbocycles. The fraction of sp³-hybridized carbons (Fsp3) is 0.615. The molecule has 0 spiro atoms. The normalized spacial score (nSPS) is 12.2. The van der Waals surface area contributed by atoms with E-state index in [1.807, 2.05) is 18.7 Å². The van der Waals surface area contributed by atoms with Gasteiger partial charge in [0.05, 0.1) is 11.9 Å². The molecule has 0 N–H and O–H groups in total. The van der Waals surface area contributed by atoms with E-state index in [1.165, 1.54) is 4.68 Å². The molecular formula is C13H21N3O2. The Bertz CT molecular complexity index is 464. The number of hydrogen-bond donors (Lipinski definition) is 0. The minimum Gasteiger partial charge on any atom is -0.371 e. The Kier molecular flexibility index (Phi) is 5.07. The zero-order valence-electron chi connectivity index (χ0n) is 11.5. The summed E-state index contributed by atoms with van der Waals surface area (Å²) >= 11 is 0. The molecule has 0 aliphatic rings. The van der Waals surface area contributed by atoms with Gasteiger partial charge in [-0.05, 0) is 20.8 Å². The molecule has 0 aliphatic heterocycles. The van der Waals surface area contributed by atoms with Crippen LogP contribution in [0, 0.1) is 0 Å². The number of nitrogens with zero attached hydrogens (tertiary/aromatic N) is 3. The molecule has 1 rings (SSSR count). The zero-order valence-corrected chi connectivity index (χ0v) is 11.5. The Morgan fingerprint density at radius 3 is 2.44 bits per heavy atom. The van der Waals surface area contributed by atoms with Crippen molar-refractivity contribution >= 4 is 11.5 Å². The van der Waals surface area contributed by atoms with Crippen molar-refractivity contribution in [2.24, 2.45) is 0 Å². The predicted molar refractivity (Wildman–Crippen MR) is 72.1 cm³/mol. The van der Waals surface area contributed by atoms with Crippen LogP contribution in [0.25, 0.3) is 0 Å². The maximum Gasteiger partial charge on any atom is 0.269 e. The highest BCUT2D eigenvalue weighted by Crippen LogP contribution is 2.10. The third-order valence-corrected chi connectivity index (χ3v) is 3.12. The van der Waals surface area contributed by atoms with E-state index in [0.717, 1.165) is 18.8 Å². The first kappa shape index (κ1) is 14.4. The van der Waals surface area contributed by atoms with Crippen molar-refractivity contribution < 1.29 is 4.79 Å². The van der Waals surface area contributed by atoms with Crippen LogP contribution in [0.2, 0.25) is 0 Å². The lowest BCUT2D eigenvalue weighted by atomic mass is 10.2. The van der Waals surface area contributed by atoms with Crippen LogP contribution in [0.5, 0.6) is 0 Å². The van der Waals surface area contributed by atoms with E-state index < -0.39 is 6.04 Å². The Morgan fingerprint density at radius 1 is 1.39 bits per heavy atom. The molecule has 5 heteroatoms. The second-order valence-electron chi connectivity index (χ2n) is 4.16. The summed E-state index contributed by atoms with van der Waals surface area (Å²) < 4.78 is 1.25.